The van der Waals surface area contributed by atoms with Crippen molar-refractivity contribution in [1.82, 2.24) is 10.3 Å². The van der Waals surface area contributed by atoms with E-state index in [0.29, 0.717) is 18.4 Å². The van der Waals surface area contributed by atoms with E-state index in [4.69, 9.17) is 4.74 Å². The molecule has 1 aromatic rings. The average Bonchev–Trinajstić information content (AvgIpc) is 2.62. The van der Waals surface area contributed by atoms with E-state index in [2.05, 4.69) is 38.0 Å². The maximum atomic E-state index is 5.21. The topological polar surface area (TPSA) is 34.1 Å². The van der Waals surface area contributed by atoms with Crippen LogP contribution >= 0.6 is 11.3 Å². The SMILES string of the molecule is COCc1nc(C(C)C)sc1CNCC(C)C. The van der Waals surface area contributed by atoms with Gasteiger partial charge in [0.2, 0.25) is 0 Å². The zero-order chi connectivity index (χ0) is 12.8. The molecule has 0 aliphatic heterocycles. The van der Waals surface area contributed by atoms with E-state index in [0.717, 1.165) is 18.8 Å². The molecule has 0 saturated heterocycles. The number of thiazole rings is 1. The van der Waals surface area contributed by atoms with Crippen molar-refractivity contribution in [2.45, 2.75) is 46.8 Å². The second-order valence-corrected chi connectivity index (χ2v) is 6.15. The second-order valence-electron chi connectivity index (χ2n) is 5.03. The van der Waals surface area contributed by atoms with Crippen LogP contribution in [0, 0.1) is 5.92 Å². The van der Waals surface area contributed by atoms with Gasteiger partial charge in [0, 0.05) is 24.4 Å². The number of rotatable bonds is 7. The van der Waals surface area contributed by atoms with Crippen LogP contribution in [0.3, 0.4) is 0 Å². The summed E-state index contributed by atoms with van der Waals surface area (Å²) in [5, 5.41) is 4.67. The van der Waals surface area contributed by atoms with Crippen LogP contribution in [0.2, 0.25) is 0 Å². The first-order chi connectivity index (χ1) is 8.04. The zero-order valence-corrected chi connectivity index (χ0v) is 12.4. The molecule has 0 radical (unpaired) electrons. The van der Waals surface area contributed by atoms with Gasteiger partial charge in [-0.25, -0.2) is 4.98 Å². The highest BCUT2D eigenvalue weighted by Gasteiger charge is 2.13. The molecule has 0 saturated carbocycles. The van der Waals surface area contributed by atoms with Gasteiger partial charge in [-0.2, -0.15) is 0 Å². The Bertz CT molecular complexity index is 334. The van der Waals surface area contributed by atoms with Gasteiger partial charge in [-0.05, 0) is 12.5 Å². The van der Waals surface area contributed by atoms with Crippen LogP contribution in [0.5, 0.6) is 0 Å². The maximum Gasteiger partial charge on any atom is 0.0958 e. The van der Waals surface area contributed by atoms with Crippen LogP contribution in [0.4, 0.5) is 0 Å². The molecule has 98 valence electrons. The Labute approximate surface area is 109 Å². The molecular weight excluding hydrogens is 232 g/mol. The fourth-order valence-corrected chi connectivity index (χ4v) is 2.55. The summed E-state index contributed by atoms with van der Waals surface area (Å²) in [6.07, 6.45) is 0. The summed E-state index contributed by atoms with van der Waals surface area (Å²) in [5.74, 6) is 1.17. The lowest BCUT2D eigenvalue weighted by Crippen LogP contribution is -2.19. The van der Waals surface area contributed by atoms with Crippen LogP contribution in [-0.2, 0) is 17.9 Å². The summed E-state index contributed by atoms with van der Waals surface area (Å²) in [6.45, 7) is 11.4. The normalized spacial score (nSPS) is 11.7. The van der Waals surface area contributed by atoms with E-state index in [-0.39, 0.29) is 0 Å². The number of ether oxygens (including phenoxy) is 1. The van der Waals surface area contributed by atoms with Gasteiger partial charge in [0.15, 0.2) is 0 Å². The molecule has 1 aromatic heterocycles. The molecule has 1 N–H and O–H groups in total. The van der Waals surface area contributed by atoms with Crippen LogP contribution in [0.15, 0.2) is 0 Å². The van der Waals surface area contributed by atoms with Crippen LogP contribution in [-0.4, -0.2) is 18.6 Å². The molecule has 17 heavy (non-hydrogen) atoms. The van der Waals surface area contributed by atoms with Crippen LogP contribution in [0.25, 0.3) is 0 Å². The minimum atomic E-state index is 0.495. The number of hydrogen-bond acceptors (Lipinski definition) is 4. The summed E-state index contributed by atoms with van der Waals surface area (Å²) in [4.78, 5) is 5.97. The molecule has 4 heteroatoms. The van der Waals surface area contributed by atoms with Gasteiger partial charge in [-0.1, -0.05) is 27.7 Å². The van der Waals surface area contributed by atoms with E-state index in [1.165, 1.54) is 9.88 Å². The van der Waals surface area contributed by atoms with E-state index in [9.17, 15) is 0 Å². The molecule has 0 unspecified atom stereocenters. The molecule has 3 nitrogen and oxygen atoms in total. The lowest BCUT2D eigenvalue weighted by molar-refractivity contribution is 0.181. The Balaban J connectivity index is 2.67. The van der Waals surface area contributed by atoms with Crippen LogP contribution in [0.1, 0.15) is 49.2 Å². The van der Waals surface area contributed by atoms with Crippen molar-refractivity contribution in [3.05, 3.63) is 15.6 Å². The van der Waals surface area contributed by atoms with Gasteiger partial charge < -0.3 is 10.1 Å². The Morgan fingerprint density at radius 1 is 1.29 bits per heavy atom. The molecule has 0 bridgehead atoms. The smallest absolute Gasteiger partial charge is 0.0958 e. The Morgan fingerprint density at radius 2 is 2.00 bits per heavy atom. The summed E-state index contributed by atoms with van der Waals surface area (Å²) in [7, 11) is 1.72. The highest BCUT2D eigenvalue weighted by atomic mass is 32.1. The molecule has 0 fully saturated rings. The average molecular weight is 256 g/mol. The third-order valence-electron chi connectivity index (χ3n) is 2.41. The standard InChI is InChI=1S/C13H24N2OS/c1-9(2)6-14-7-12-11(8-16-5)15-13(17-12)10(3)4/h9-10,14H,6-8H2,1-5H3. The van der Waals surface area contributed by atoms with Crippen molar-refractivity contribution >= 4 is 11.3 Å². The highest BCUT2D eigenvalue weighted by Crippen LogP contribution is 2.25. The molecular formula is C13H24N2OS. The molecule has 0 spiro atoms. The quantitative estimate of drug-likeness (QED) is 0.813. The lowest BCUT2D eigenvalue weighted by Gasteiger charge is -2.06. The third kappa shape index (κ3) is 4.74. The molecule has 0 aromatic carbocycles. The monoisotopic (exact) mass is 256 g/mol. The van der Waals surface area contributed by atoms with Gasteiger partial charge in [-0.15, -0.1) is 11.3 Å². The van der Waals surface area contributed by atoms with Crippen molar-refractivity contribution in [1.29, 1.82) is 0 Å². The Kier molecular flexibility index (Phi) is 6.09. The van der Waals surface area contributed by atoms with Gasteiger partial charge >= 0.3 is 0 Å². The number of methoxy groups -OCH3 is 1. The van der Waals surface area contributed by atoms with E-state index >= 15 is 0 Å². The predicted octanol–water partition coefficient (Wildman–Crippen LogP) is 3.16. The number of nitrogens with one attached hydrogen (secondary N) is 1. The fraction of sp³-hybridized carbons (Fsp3) is 0.769. The molecule has 1 heterocycles. The van der Waals surface area contributed by atoms with E-state index < -0.39 is 0 Å². The first-order valence-electron chi connectivity index (χ1n) is 6.22. The van der Waals surface area contributed by atoms with Crippen molar-refractivity contribution in [2.75, 3.05) is 13.7 Å². The Morgan fingerprint density at radius 3 is 2.53 bits per heavy atom. The minimum absolute atomic E-state index is 0.495. The molecule has 0 aliphatic rings. The molecule has 1 rings (SSSR count). The van der Waals surface area contributed by atoms with Gasteiger partial charge in [0.25, 0.3) is 0 Å². The van der Waals surface area contributed by atoms with E-state index in [1.54, 1.807) is 18.4 Å². The number of hydrogen-bond donors (Lipinski definition) is 1. The second kappa shape index (κ2) is 7.09. The Hall–Kier alpha value is -0.450. The summed E-state index contributed by atoms with van der Waals surface area (Å²) in [6, 6.07) is 0. The van der Waals surface area contributed by atoms with Crippen molar-refractivity contribution in [3.63, 3.8) is 0 Å². The summed E-state index contributed by atoms with van der Waals surface area (Å²) < 4.78 is 5.21. The van der Waals surface area contributed by atoms with Crippen molar-refractivity contribution in [2.24, 2.45) is 5.92 Å². The highest BCUT2D eigenvalue weighted by molar-refractivity contribution is 7.11. The number of aromatic nitrogens is 1. The third-order valence-corrected chi connectivity index (χ3v) is 3.81. The van der Waals surface area contributed by atoms with Gasteiger partial charge in [0.1, 0.15) is 0 Å². The molecule has 0 amide bonds. The van der Waals surface area contributed by atoms with Crippen molar-refractivity contribution in [3.8, 4) is 0 Å². The predicted molar refractivity (Wildman–Crippen MR) is 73.5 cm³/mol. The van der Waals surface area contributed by atoms with Gasteiger partial charge in [-0.3, -0.25) is 0 Å². The largest absolute Gasteiger partial charge is 0.378 e. The molecule has 0 atom stereocenters. The first-order valence-corrected chi connectivity index (χ1v) is 7.04. The maximum absolute atomic E-state index is 5.21. The van der Waals surface area contributed by atoms with E-state index in [1.807, 2.05) is 0 Å². The summed E-state index contributed by atoms with van der Waals surface area (Å²) in [5.41, 5.74) is 1.09. The minimum Gasteiger partial charge on any atom is -0.378 e. The zero-order valence-electron chi connectivity index (χ0n) is 11.5. The van der Waals surface area contributed by atoms with Crippen molar-refractivity contribution < 1.29 is 4.74 Å². The van der Waals surface area contributed by atoms with Gasteiger partial charge in [0.05, 0.1) is 17.3 Å². The number of nitrogens with zero attached hydrogens (tertiary/aromatic N) is 1. The fourth-order valence-electron chi connectivity index (χ4n) is 1.51. The first kappa shape index (κ1) is 14.6. The summed E-state index contributed by atoms with van der Waals surface area (Å²) >= 11 is 1.81. The molecule has 0 aliphatic carbocycles. The van der Waals surface area contributed by atoms with Crippen LogP contribution < -0.4 is 5.32 Å². The lowest BCUT2D eigenvalue weighted by atomic mass is 10.2.